The first-order valence-corrected chi connectivity index (χ1v) is 11.5. The van der Waals surface area contributed by atoms with Gasteiger partial charge >= 0.3 is 0 Å². The van der Waals surface area contributed by atoms with E-state index in [0.29, 0.717) is 11.8 Å². The molecule has 0 heteroatoms. The molecule has 0 unspecified atom stereocenters. The van der Waals surface area contributed by atoms with E-state index in [2.05, 4.69) is 113 Å². The van der Waals surface area contributed by atoms with Crippen LogP contribution in [0.25, 0.3) is 22.3 Å². The minimum atomic E-state index is -0.228. The summed E-state index contributed by atoms with van der Waals surface area (Å²) in [4.78, 5) is 0. The van der Waals surface area contributed by atoms with Crippen LogP contribution >= 0.6 is 0 Å². The third-order valence-corrected chi connectivity index (χ3v) is 7.45. The molecule has 0 nitrogen and oxygen atoms in total. The molecule has 0 amide bonds. The molecule has 31 heavy (non-hydrogen) atoms. The van der Waals surface area contributed by atoms with Crippen LogP contribution in [0.5, 0.6) is 0 Å². The van der Waals surface area contributed by atoms with Gasteiger partial charge < -0.3 is 0 Å². The summed E-state index contributed by atoms with van der Waals surface area (Å²) in [5.74, 6) is 0.979. The fourth-order valence-corrected chi connectivity index (χ4v) is 6.09. The molecule has 4 aromatic carbocycles. The van der Waals surface area contributed by atoms with Crippen LogP contribution in [-0.4, -0.2) is 0 Å². The van der Waals surface area contributed by atoms with Crippen molar-refractivity contribution in [3.8, 4) is 22.3 Å². The van der Waals surface area contributed by atoms with E-state index in [0.717, 1.165) is 0 Å². The zero-order chi connectivity index (χ0) is 21.3. The largest absolute Gasteiger partial charge is 0.0728 e. The van der Waals surface area contributed by atoms with Gasteiger partial charge in [-0.1, -0.05) is 113 Å². The summed E-state index contributed by atoms with van der Waals surface area (Å²) >= 11 is 0. The number of fused-ring (bicyclic) bond motifs is 10. The van der Waals surface area contributed by atoms with E-state index in [9.17, 15) is 0 Å². The van der Waals surface area contributed by atoms with Gasteiger partial charge in [0.1, 0.15) is 0 Å². The van der Waals surface area contributed by atoms with Gasteiger partial charge in [-0.15, -0.1) is 0 Å². The highest BCUT2D eigenvalue weighted by atomic mass is 14.5. The molecule has 0 bridgehead atoms. The fourth-order valence-electron chi connectivity index (χ4n) is 6.09. The Morgan fingerprint density at radius 3 is 1.71 bits per heavy atom. The summed E-state index contributed by atoms with van der Waals surface area (Å²) < 4.78 is 0. The summed E-state index contributed by atoms with van der Waals surface area (Å²) in [6, 6.07) is 32.3. The minimum absolute atomic E-state index is 0.228. The van der Waals surface area contributed by atoms with Crippen molar-refractivity contribution >= 4 is 0 Å². The molecule has 0 fully saturated rings. The Morgan fingerprint density at radius 1 is 0.516 bits per heavy atom. The SMILES string of the molecule is CC(C)c1ccc2c(c1)-c1cccc(C(C)C)c1C21c2ccccc2-c2ccccc21. The van der Waals surface area contributed by atoms with Crippen LogP contribution in [0.15, 0.2) is 84.9 Å². The first-order valence-electron chi connectivity index (χ1n) is 11.5. The second kappa shape index (κ2) is 6.44. The standard InChI is InChI=1S/C31H28/c1-19(2)21-16-17-29-26(18-21)25-13-9-12-22(20(3)4)30(25)31(29)27-14-7-5-10-23(27)24-11-6-8-15-28(24)31/h5-20H,1-4H3. The molecule has 0 atom stereocenters. The van der Waals surface area contributed by atoms with Crippen molar-refractivity contribution in [3.63, 3.8) is 0 Å². The van der Waals surface area contributed by atoms with Gasteiger partial charge in [0.25, 0.3) is 0 Å². The van der Waals surface area contributed by atoms with Gasteiger partial charge in [-0.05, 0) is 67.5 Å². The molecule has 152 valence electrons. The van der Waals surface area contributed by atoms with Crippen LogP contribution in [0.4, 0.5) is 0 Å². The lowest BCUT2D eigenvalue weighted by Crippen LogP contribution is -2.27. The highest BCUT2D eigenvalue weighted by Gasteiger charge is 2.52. The molecule has 1 spiro atoms. The molecular formula is C31H28. The molecule has 0 aromatic heterocycles. The second-order valence-electron chi connectivity index (χ2n) is 9.73. The van der Waals surface area contributed by atoms with Crippen molar-refractivity contribution < 1.29 is 0 Å². The van der Waals surface area contributed by atoms with E-state index in [4.69, 9.17) is 0 Å². The molecular weight excluding hydrogens is 372 g/mol. The quantitative estimate of drug-likeness (QED) is 0.274. The van der Waals surface area contributed by atoms with E-state index in [1.54, 1.807) is 0 Å². The number of hydrogen-bond acceptors (Lipinski definition) is 0. The zero-order valence-corrected chi connectivity index (χ0v) is 18.7. The Bertz CT molecular complexity index is 1290. The lowest BCUT2D eigenvalue weighted by molar-refractivity contribution is 0.749. The second-order valence-corrected chi connectivity index (χ2v) is 9.73. The molecule has 2 aliphatic rings. The van der Waals surface area contributed by atoms with Crippen molar-refractivity contribution in [1.29, 1.82) is 0 Å². The molecule has 0 aliphatic heterocycles. The number of benzene rings is 4. The molecule has 2 aliphatic carbocycles. The molecule has 0 saturated carbocycles. The molecule has 0 saturated heterocycles. The lowest BCUT2D eigenvalue weighted by Gasteiger charge is -2.33. The Morgan fingerprint density at radius 2 is 1.10 bits per heavy atom. The zero-order valence-electron chi connectivity index (χ0n) is 18.7. The van der Waals surface area contributed by atoms with E-state index in [1.165, 1.54) is 55.6 Å². The lowest BCUT2D eigenvalue weighted by atomic mass is 9.68. The van der Waals surface area contributed by atoms with Gasteiger partial charge in [0.2, 0.25) is 0 Å². The van der Waals surface area contributed by atoms with Crippen LogP contribution in [0.3, 0.4) is 0 Å². The van der Waals surface area contributed by atoms with E-state index < -0.39 is 0 Å². The summed E-state index contributed by atoms with van der Waals surface area (Å²) in [5.41, 5.74) is 14.0. The third-order valence-electron chi connectivity index (χ3n) is 7.45. The summed E-state index contributed by atoms with van der Waals surface area (Å²) in [5, 5.41) is 0. The van der Waals surface area contributed by atoms with E-state index in [1.807, 2.05) is 0 Å². The van der Waals surface area contributed by atoms with Gasteiger partial charge in [0.15, 0.2) is 0 Å². The van der Waals surface area contributed by atoms with Gasteiger partial charge in [0.05, 0.1) is 5.41 Å². The van der Waals surface area contributed by atoms with Gasteiger partial charge in [-0.2, -0.15) is 0 Å². The van der Waals surface area contributed by atoms with Gasteiger partial charge in [-0.25, -0.2) is 0 Å². The topological polar surface area (TPSA) is 0 Å². The predicted octanol–water partition coefficient (Wildman–Crippen LogP) is 8.28. The third kappa shape index (κ3) is 2.26. The Hall–Kier alpha value is -3.12. The van der Waals surface area contributed by atoms with Gasteiger partial charge in [0, 0.05) is 0 Å². The van der Waals surface area contributed by atoms with Crippen LogP contribution in [0.1, 0.15) is 72.9 Å². The van der Waals surface area contributed by atoms with Crippen molar-refractivity contribution in [1.82, 2.24) is 0 Å². The van der Waals surface area contributed by atoms with Crippen molar-refractivity contribution in [3.05, 3.63) is 118 Å². The summed E-state index contributed by atoms with van der Waals surface area (Å²) in [6.07, 6.45) is 0. The first-order chi connectivity index (χ1) is 15.0. The Balaban J connectivity index is 1.84. The van der Waals surface area contributed by atoms with Crippen LogP contribution < -0.4 is 0 Å². The average molecular weight is 401 g/mol. The molecule has 4 aromatic rings. The predicted molar refractivity (Wildman–Crippen MR) is 131 cm³/mol. The van der Waals surface area contributed by atoms with Crippen molar-refractivity contribution in [2.75, 3.05) is 0 Å². The average Bonchev–Trinajstić information content (AvgIpc) is 3.26. The molecule has 0 heterocycles. The molecule has 0 N–H and O–H groups in total. The molecule has 0 radical (unpaired) electrons. The normalized spacial score (nSPS) is 14.6. The Labute approximate surface area is 185 Å². The Kier molecular flexibility index (Phi) is 3.87. The van der Waals surface area contributed by atoms with Crippen molar-refractivity contribution in [2.24, 2.45) is 0 Å². The number of hydrogen-bond donors (Lipinski definition) is 0. The summed E-state index contributed by atoms with van der Waals surface area (Å²) in [6.45, 7) is 9.24. The van der Waals surface area contributed by atoms with Crippen LogP contribution in [0, 0.1) is 0 Å². The monoisotopic (exact) mass is 400 g/mol. The smallest absolute Gasteiger partial charge is 0.0619 e. The van der Waals surface area contributed by atoms with Crippen LogP contribution in [0.2, 0.25) is 0 Å². The maximum Gasteiger partial charge on any atom is 0.0728 e. The first kappa shape index (κ1) is 18.6. The number of rotatable bonds is 2. The fraction of sp³-hybridized carbons (Fsp3) is 0.226. The maximum atomic E-state index is 2.46. The maximum absolute atomic E-state index is 2.46. The molecule has 6 rings (SSSR count). The van der Waals surface area contributed by atoms with Crippen LogP contribution in [-0.2, 0) is 5.41 Å². The highest BCUT2D eigenvalue weighted by Crippen LogP contribution is 2.64. The van der Waals surface area contributed by atoms with Crippen molar-refractivity contribution in [2.45, 2.75) is 44.9 Å². The van der Waals surface area contributed by atoms with E-state index >= 15 is 0 Å². The van der Waals surface area contributed by atoms with Gasteiger partial charge in [-0.3, -0.25) is 0 Å². The highest BCUT2D eigenvalue weighted by molar-refractivity contribution is 5.95. The minimum Gasteiger partial charge on any atom is -0.0619 e. The van der Waals surface area contributed by atoms with E-state index in [-0.39, 0.29) is 5.41 Å². The summed E-state index contributed by atoms with van der Waals surface area (Å²) in [7, 11) is 0.